The third kappa shape index (κ3) is 5.44. The number of benzene rings is 2. The molecule has 0 aliphatic carbocycles. The Balaban J connectivity index is 1.66. The van der Waals surface area contributed by atoms with Gasteiger partial charge in [-0.2, -0.15) is 5.26 Å². The zero-order valence-electron chi connectivity index (χ0n) is 18.7. The van der Waals surface area contributed by atoms with Crippen molar-refractivity contribution in [2.75, 3.05) is 5.08 Å². The van der Waals surface area contributed by atoms with E-state index in [-0.39, 0.29) is 5.41 Å². The van der Waals surface area contributed by atoms with Crippen LogP contribution in [0.3, 0.4) is 0 Å². The fourth-order valence-electron chi connectivity index (χ4n) is 3.41. The SMILES string of the molecule is CC(C)(C)c1ccc(S(=O)CSc2nc(-c3cccs3)cc(-c3ccccc3)c2C#N)cc1. The van der Waals surface area contributed by atoms with Gasteiger partial charge in [-0.15, -0.1) is 11.3 Å². The van der Waals surface area contributed by atoms with Crippen molar-refractivity contribution in [1.29, 1.82) is 5.26 Å². The lowest BCUT2D eigenvalue weighted by molar-refractivity contribution is 0.589. The predicted octanol–water partition coefficient (Wildman–Crippen LogP) is 7.50. The predicted molar refractivity (Wildman–Crippen MR) is 140 cm³/mol. The fourth-order valence-corrected chi connectivity index (χ4v) is 6.42. The summed E-state index contributed by atoms with van der Waals surface area (Å²) in [6.07, 6.45) is 0. The molecule has 0 aliphatic rings. The van der Waals surface area contributed by atoms with E-state index < -0.39 is 10.8 Å². The van der Waals surface area contributed by atoms with Gasteiger partial charge in [0.2, 0.25) is 0 Å². The van der Waals surface area contributed by atoms with Crippen LogP contribution in [0, 0.1) is 11.3 Å². The lowest BCUT2D eigenvalue weighted by atomic mass is 9.87. The maximum Gasteiger partial charge on any atom is 0.116 e. The molecule has 0 N–H and O–H groups in total. The van der Waals surface area contributed by atoms with Crippen LogP contribution in [0.15, 0.2) is 88.1 Å². The number of hydrogen-bond donors (Lipinski definition) is 0. The van der Waals surface area contributed by atoms with Gasteiger partial charge in [0.1, 0.15) is 11.1 Å². The molecule has 0 bridgehead atoms. The summed E-state index contributed by atoms with van der Waals surface area (Å²) in [5.74, 6) is 0. The Hall–Kier alpha value is -2.72. The van der Waals surface area contributed by atoms with E-state index in [1.165, 1.54) is 17.3 Å². The Bertz CT molecular complexity index is 1300. The van der Waals surface area contributed by atoms with Crippen LogP contribution in [0.4, 0.5) is 0 Å². The molecule has 166 valence electrons. The first-order valence-corrected chi connectivity index (χ1v) is 13.7. The maximum absolute atomic E-state index is 13.0. The largest absolute Gasteiger partial charge is 0.253 e. The lowest BCUT2D eigenvalue weighted by Crippen LogP contribution is -2.10. The van der Waals surface area contributed by atoms with Gasteiger partial charge < -0.3 is 0 Å². The molecule has 0 saturated carbocycles. The summed E-state index contributed by atoms with van der Waals surface area (Å²) in [6.45, 7) is 6.48. The van der Waals surface area contributed by atoms with Crippen molar-refractivity contribution in [3.8, 4) is 27.8 Å². The van der Waals surface area contributed by atoms with Crippen LogP contribution < -0.4 is 0 Å². The van der Waals surface area contributed by atoms with Gasteiger partial charge in [-0.3, -0.25) is 4.21 Å². The molecule has 4 rings (SSSR count). The summed E-state index contributed by atoms with van der Waals surface area (Å²) in [7, 11) is -1.21. The summed E-state index contributed by atoms with van der Waals surface area (Å²) in [5.41, 5.74) is 4.42. The molecule has 0 spiro atoms. The van der Waals surface area contributed by atoms with Gasteiger partial charge in [-0.1, -0.05) is 81.1 Å². The van der Waals surface area contributed by atoms with E-state index in [1.54, 1.807) is 11.3 Å². The molecule has 0 aliphatic heterocycles. The molecule has 1 unspecified atom stereocenters. The standard InChI is InChI=1S/C27H24N2OS3/c1-27(2,3)20-11-13-21(14-12-20)33(30)18-32-26-23(17-28)22(19-8-5-4-6-9-19)16-24(29-26)25-10-7-15-31-25/h4-16H,18H2,1-3H3. The first-order valence-electron chi connectivity index (χ1n) is 10.5. The Morgan fingerprint density at radius 1 is 1.03 bits per heavy atom. The molecule has 0 amide bonds. The molecule has 0 saturated heterocycles. The third-order valence-electron chi connectivity index (χ3n) is 5.24. The molecule has 0 fully saturated rings. The van der Waals surface area contributed by atoms with Crippen LogP contribution in [-0.4, -0.2) is 14.3 Å². The van der Waals surface area contributed by atoms with Crippen molar-refractivity contribution in [3.63, 3.8) is 0 Å². The lowest BCUT2D eigenvalue weighted by Gasteiger charge is -2.19. The molecule has 2 aromatic carbocycles. The molecular formula is C27H24N2OS3. The molecular weight excluding hydrogens is 465 g/mol. The normalized spacial score (nSPS) is 12.3. The van der Waals surface area contributed by atoms with Crippen molar-refractivity contribution in [1.82, 2.24) is 4.98 Å². The quantitative estimate of drug-likeness (QED) is 0.264. The minimum Gasteiger partial charge on any atom is -0.253 e. The van der Waals surface area contributed by atoms with E-state index >= 15 is 0 Å². The Morgan fingerprint density at radius 3 is 2.36 bits per heavy atom. The molecule has 33 heavy (non-hydrogen) atoms. The number of nitriles is 1. The van der Waals surface area contributed by atoms with E-state index in [1.807, 2.05) is 78.2 Å². The zero-order chi connectivity index (χ0) is 23.4. The number of hydrogen-bond acceptors (Lipinski definition) is 5. The second-order valence-electron chi connectivity index (χ2n) is 8.57. The highest BCUT2D eigenvalue weighted by Gasteiger charge is 2.18. The second kappa shape index (κ2) is 10.0. The van der Waals surface area contributed by atoms with Crippen LogP contribution in [0.25, 0.3) is 21.7 Å². The van der Waals surface area contributed by atoms with Gasteiger partial charge in [0.15, 0.2) is 0 Å². The number of thioether (sulfide) groups is 1. The Labute approximate surface area is 206 Å². The Morgan fingerprint density at radius 2 is 1.76 bits per heavy atom. The van der Waals surface area contributed by atoms with Crippen molar-refractivity contribution in [3.05, 3.63) is 89.3 Å². The summed E-state index contributed by atoms with van der Waals surface area (Å²) >= 11 is 2.99. The number of thiophene rings is 1. The van der Waals surface area contributed by atoms with Crippen molar-refractivity contribution in [2.45, 2.75) is 36.1 Å². The van der Waals surface area contributed by atoms with Gasteiger partial charge in [-0.05, 0) is 46.2 Å². The molecule has 4 aromatic rings. The zero-order valence-corrected chi connectivity index (χ0v) is 21.2. The van der Waals surface area contributed by atoms with Crippen LogP contribution >= 0.6 is 23.1 Å². The van der Waals surface area contributed by atoms with E-state index in [0.717, 1.165) is 26.6 Å². The molecule has 2 aromatic heterocycles. The van der Waals surface area contributed by atoms with Gasteiger partial charge >= 0.3 is 0 Å². The van der Waals surface area contributed by atoms with Crippen LogP contribution in [-0.2, 0) is 16.2 Å². The first kappa shape index (κ1) is 23.4. The van der Waals surface area contributed by atoms with Gasteiger partial charge in [0, 0.05) is 10.5 Å². The highest BCUT2D eigenvalue weighted by molar-refractivity contribution is 8.10. The van der Waals surface area contributed by atoms with Crippen molar-refractivity contribution >= 4 is 33.9 Å². The monoisotopic (exact) mass is 488 g/mol. The summed E-state index contributed by atoms with van der Waals surface area (Å²) in [5, 5.41) is 13.0. The minimum atomic E-state index is -1.21. The molecule has 3 nitrogen and oxygen atoms in total. The van der Waals surface area contributed by atoms with Crippen molar-refractivity contribution in [2.24, 2.45) is 0 Å². The summed E-state index contributed by atoms with van der Waals surface area (Å²) in [4.78, 5) is 6.62. The average molecular weight is 489 g/mol. The topological polar surface area (TPSA) is 53.8 Å². The third-order valence-corrected chi connectivity index (χ3v) is 8.83. The number of aromatic nitrogens is 1. The van der Waals surface area contributed by atoms with Crippen molar-refractivity contribution < 1.29 is 4.21 Å². The van der Waals surface area contributed by atoms with E-state index in [2.05, 4.69) is 26.8 Å². The highest BCUT2D eigenvalue weighted by atomic mass is 32.2. The van der Waals surface area contributed by atoms with E-state index in [0.29, 0.717) is 15.7 Å². The Kier molecular flexibility index (Phi) is 7.14. The van der Waals surface area contributed by atoms with Crippen LogP contribution in [0.2, 0.25) is 0 Å². The second-order valence-corrected chi connectivity index (χ2v) is 12.3. The summed E-state index contributed by atoms with van der Waals surface area (Å²) < 4.78 is 13.0. The maximum atomic E-state index is 13.0. The summed E-state index contributed by atoms with van der Waals surface area (Å²) in [6, 6.07) is 26.2. The minimum absolute atomic E-state index is 0.0520. The van der Waals surface area contributed by atoms with Crippen LogP contribution in [0.5, 0.6) is 0 Å². The molecule has 6 heteroatoms. The average Bonchev–Trinajstić information content (AvgIpc) is 3.37. The molecule has 1 atom stereocenters. The highest BCUT2D eigenvalue weighted by Crippen LogP contribution is 2.36. The fraction of sp³-hybridized carbons (Fsp3) is 0.185. The molecule has 0 radical (unpaired) electrons. The number of pyridine rings is 1. The molecule has 2 heterocycles. The van der Waals surface area contributed by atoms with Crippen LogP contribution in [0.1, 0.15) is 31.9 Å². The number of rotatable bonds is 6. The number of nitrogens with zero attached hydrogens (tertiary/aromatic N) is 2. The first-order chi connectivity index (χ1) is 15.9. The van der Waals surface area contributed by atoms with Gasteiger partial charge in [0.05, 0.1) is 32.0 Å². The van der Waals surface area contributed by atoms with Gasteiger partial charge in [0.25, 0.3) is 0 Å². The van der Waals surface area contributed by atoms with E-state index in [9.17, 15) is 9.47 Å². The smallest absolute Gasteiger partial charge is 0.116 e. The van der Waals surface area contributed by atoms with E-state index in [4.69, 9.17) is 4.98 Å². The van der Waals surface area contributed by atoms with Gasteiger partial charge in [-0.25, -0.2) is 4.98 Å².